The Kier molecular flexibility index (Phi) is 3.83. The van der Waals surface area contributed by atoms with Crippen LogP contribution in [-0.2, 0) is 0 Å². The van der Waals surface area contributed by atoms with Crippen molar-refractivity contribution in [3.8, 4) is 22.6 Å². The van der Waals surface area contributed by atoms with Crippen molar-refractivity contribution in [1.29, 1.82) is 0 Å². The summed E-state index contributed by atoms with van der Waals surface area (Å²) in [5.74, 6) is 1.61. The summed E-state index contributed by atoms with van der Waals surface area (Å²) in [6, 6.07) is 24.4. The molecule has 3 aromatic carbocycles. The number of methoxy groups -OCH3 is 2. The third kappa shape index (κ3) is 2.62. The van der Waals surface area contributed by atoms with Gasteiger partial charge in [-0.2, -0.15) is 0 Å². The molecule has 0 spiro atoms. The molecule has 0 fully saturated rings. The molecular weight excluding hydrogens is 348 g/mol. The van der Waals surface area contributed by atoms with Crippen molar-refractivity contribution >= 4 is 32.8 Å². The van der Waals surface area contributed by atoms with Gasteiger partial charge in [0, 0.05) is 27.8 Å². The second-order valence-corrected chi connectivity index (χ2v) is 6.65. The van der Waals surface area contributed by atoms with E-state index in [1.54, 1.807) is 14.2 Å². The smallest absolute Gasteiger partial charge is 0.161 e. The number of nitrogens with zero attached hydrogens (tertiary/aromatic N) is 2. The molecule has 5 rings (SSSR count). The highest BCUT2D eigenvalue weighted by Gasteiger charge is 2.14. The first-order valence-corrected chi connectivity index (χ1v) is 9.08. The van der Waals surface area contributed by atoms with Gasteiger partial charge < -0.3 is 9.47 Å². The van der Waals surface area contributed by atoms with Gasteiger partial charge in [0.25, 0.3) is 0 Å². The minimum atomic E-state index is 0.727. The van der Waals surface area contributed by atoms with Crippen molar-refractivity contribution in [3.05, 3.63) is 72.8 Å². The minimum absolute atomic E-state index is 0.727. The molecule has 2 aromatic heterocycles. The summed E-state index contributed by atoms with van der Waals surface area (Å²) in [4.78, 5) is 9.67. The summed E-state index contributed by atoms with van der Waals surface area (Å²) >= 11 is 0. The lowest BCUT2D eigenvalue weighted by atomic mass is 9.96. The highest BCUT2D eigenvalue weighted by atomic mass is 16.5. The van der Waals surface area contributed by atoms with Crippen molar-refractivity contribution < 1.29 is 9.47 Å². The Morgan fingerprint density at radius 1 is 0.643 bits per heavy atom. The summed E-state index contributed by atoms with van der Waals surface area (Å²) in [5, 5.41) is 3.19. The van der Waals surface area contributed by atoms with Crippen LogP contribution in [0.2, 0.25) is 0 Å². The van der Waals surface area contributed by atoms with E-state index >= 15 is 0 Å². The fourth-order valence-corrected chi connectivity index (χ4v) is 3.65. The lowest BCUT2D eigenvalue weighted by Gasteiger charge is -2.13. The van der Waals surface area contributed by atoms with Crippen LogP contribution in [0.5, 0.6) is 11.5 Å². The normalized spacial score (nSPS) is 11.2. The van der Waals surface area contributed by atoms with Crippen LogP contribution in [0.1, 0.15) is 0 Å². The second-order valence-electron chi connectivity index (χ2n) is 6.65. The molecule has 28 heavy (non-hydrogen) atoms. The van der Waals surface area contributed by atoms with Crippen molar-refractivity contribution in [2.75, 3.05) is 14.2 Å². The van der Waals surface area contributed by atoms with Gasteiger partial charge in [0.2, 0.25) is 0 Å². The number of benzene rings is 3. The van der Waals surface area contributed by atoms with E-state index in [4.69, 9.17) is 19.4 Å². The molecule has 0 atom stereocenters. The quantitative estimate of drug-likeness (QED) is 0.389. The van der Waals surface area contributed by atoms with Gasteiger partial charge in [0.05, 0.1) is 25.3 Å². The Balaban J connectivity index is 1.92. The van der Waals surface area contributed by atoms with Gasteiger partial charge in [0.15, 0.2) is 5.65 Å². The van der Waals surface area contributed by atoms with Gasteiger partial charge in [0.1, 0.15) is 11.5 Å². The van der Waals surface area contributed by atoms with E-state index in [0.717, 1.165) is 55.5 Å². The summed E-state index contributed by atoms with van der Waals surface area (Å²) in [7, 11) is 3.34. The Morgan fingerprint density at radius 3 is 2.14 bits per heavy atom. The molecular formula is C24H18N2O2. The Morgan fingerprint density at radius 2 is 1.36 bits per heavy atom. The fourth-order valence-electron chi connectivity index (χ4n) is 3.65. The molecule has 4 nitrogen and oxygen atoms in total. The molecule has 5 aromatic rings. The predicted octanol–water partition coefficient (Wildman–Crippen LogP) is 5.62. The Hall–Kier alpha value is -3.66. The summed E-state index contributed by atoms with van der Waals surface area (Å²) < 4.78 is 10.7. The summed E-state index contributed by atoms with van der Waals surface area (Å²) in [5.41, 5.74) is 4.74. The molecule has 4 heteroatoms. The maximum Gasteiger partial charge on any atom is 0.161 e. The molecule has 0 amide bonds. The average molecular weight is 366 g/mol. The molecule has 0 bridgehead atoms. The molecule has 0 aliphatic heterocycles. The van der Waals surface area contributed by atoms with Crippen LogP contribution in [0.3, 0.4) is 0 Å². The summed E-state index contributed by atoms with van der Waals surface area (Å²) in [6.07, 6.45) is 0. The number of ether oxygens (including phenoxy) is 2. The van der Waals surface area contributed by atoms with Gasteiger partial charge in [-0.25, -0.2) is 9.97 Å². The fraction of sp³-hybridized carbons (Fsp3) is 0.0833. The standard InChI is InChI=1S/C24H18N2O2/c1-27-17-9-7-15(8-10-17)23-19-12-11-18(28-2)14-22(19)26-24-20(23)13-16-5-3-4-6-21(16)25-24/h3-14H,1-2H3. The molecule has 0 saturated carbocycles. The van der Waals surface area contributed by atoms with Gasteiger partial charge >= 0.3 is 0 Å². The molecule has 0 aliphatic rings. The van der Waals surface area contributed by atoms with Gasteiger partial charge in [-0.15, -0.1) is 0 Å². The van der Waals surface area contributed by atoms with E-state index in [0.29, 0.717) is 0 Å². The average Bonchev–Trinajstić information content (AvgIpc) is 2.75. The van der Waals surface area contributed by atoms with Crippen LogP contribution in [0, 0.1) is 0 Å². The zero-order valence-electron chi connectivity index (χ0n) is 15.6. The monoisotopic (exact) mass is 366 g/mol. The first-order valence-electron chi connectivity index (χ1n) is 9.08. The largest absolute Gasteiger partial charge is 0.497 e. The third-order valence-corrected chi connectivity index (χ3v) is 5.05. The number of aromatic nitrogens is 2. The van der Waals surface area contributed by atoms with E-state index in [2.05, 4.69) is 30.3 Å². The highest BCUT2D eigenvalue weighted by molar-refractivity contribution is 6.11. The molecule has 0 N–H and O–H groups in total. The number of rotatable bonds is 3. The number of hydrogen-bond donors (Lipinski definition) is 0. The van der Waals surface area contributed by atoms with Crippen LogP contribution in [0.25, 0.3) is 44.0 Å². The van der Waals surface area contributed by atoms with Crippen molar-refractivity contribution in [2.45, 2.75) is 0 Å². The Bertz CT molecular complexity index is 1330. The van der Waals surface area contributed by atoms with Crippen molar-refractivity contribution in [2.24, 2.45) is 0 Å². The van der Waals surface area contributed by atoms with Crippen LogP contribution in [-0.4, -0.2) is 24.2 Å². The van der Waals surface area contributed by atoms with Gasteiger partial charge in [-0.1, -0.05) is 30.3 Å². The van der Waals surface area contributed by atoms with E-state index in [1.807, 2.05) is 42.5 Å². The van der Waals surface area contributed by atoms with Crippen LogP contribution < -0.4 is 9.47 Å². The zero-order chi connectivity index (χ0) is 19.1. The number of fused-ring (bicyclic) bond motifs is 3. The maximum absolute atomic E-state index is 5.40. The predicted molar refractivity (Wildman–Crippen MR) is 113 cm³/mol. The maximum atomic E-state index is 5.40. The molecule has 0 unspecified atom stereocenters. The van der Waals surface area contributed by atoms with Gasteiger partial charge in [-0.3, -0.25) is 0 Å². The van der Waals surface area contributed by atoms with E-state index < -0.39 is 0 Å². The van der Waals surface area contributed by atoms with Crippen molar-refractivity contribution in [3.63, 3.8) is 0 Å². The molecule has 2 heterocycles. The lowest BCUT2D eigenvalue weighted by Crippen LogP contribution is -1.93. The third-order valence-electron chi connectivity index (χ3n) is 5.05. The zero-order valence-corrected chi connectivity index (χ0v) is 15.6. The SMILES string of the molecule is COc1ccc(-c2c3ccc(OC)cc3nc3nc4ccccc4cc23)cc1. The molecule has 0 saturated heterocycles. The number of hydrogen-bond acceptors (Lipinski definition) is 4. The second kappa shape index (κ2) is 6.50. The number of pyridine rings is 2. The first-order chi connectivity index (χ1) is 13.8. The minimum Gasteiger partial charge on any atom is -0.497 e. The molecule has 136 valence electrons. The van der Waals surface area contributed by atoms with E-state index in [-0.39, 0.29) is 0 Å². The van der Waals surface area contributed by atoms with Crippen molar-refractivity contribution in [1.82, 2.24) is 9.97 Å². The van der Waals surface area contributed by atoms with Crippen LogP contribution in [0.15, 0.2) is 72.8 Å². The Labute approximate surface area is 162 Å². The topological polar surface area (TPSA) is 44.2 Å². The number of para-hydroxylation sites is 1. The van der Waals surface area contributed by atoms with Crippen LogP contribution >= 0.6 is 0 Å². The highest BCUT2D eigenvalue weighted by Crippen LogP contribution is 2.37. The summed E-state index contributed by atoms with van der Waals surface area (Å²) in [6.45, 7) is 0. The van der Waals surface area contributed by atoms with E-state index in [1.165, 1.54) is 0 Å². The first kappa shape index (κ1) is 16.5. The van der Waals surface area contributed by atoms with Crippen LogP contribution in [0.4, 0.5) is 0 Å². The van der Waals surface area contributed by atoms with Gasteiger partial charge in [-0.05, 0) is 42.0 Å². The molecule has 0 radical (unpaired) electrons. The lowest BCUT2D eigenvalue weighted by molar-refractivity contribution is 0.415. The van der Waals surface area contributed by atoms with E-state index in [9.17, 15) is 0 Å². The molecule has 0 aliphatic carbocycles.